The maximum Gasteiger partial charge on any atom is 0.296 e. The molecule has 2 aromatic carbocycles. The first-order chi connectivity index (χ1) is 16.1. The average Bonchev–Trinajstić information content (AvgIpc) is 2.85. The van der Waals surface area contributed by atoms with E-state index in [0.717, 1.165) is 24.8 Å². The molecule has 0 bridgehead atoms. The maximum absolute atomic E-state index is 13.3. The van der Waals surface area contributed by atoms with Gasteiger partial charge in [-0.15, -0.1) is 0 Å². The van der Waals surface area contributed by atoms with Crippen molar-refractivity contribution in [3.63, 3.8) is 0 Å². The Kier molecular flexibility index (Phi) is 7.13. The van der Waals surface area contributed by atoms with Crippen LogP contribution in [0.3, 0.4) is 0 Å². The summed E-state index contributed by atoms with van der Waals surface area (Å²) in [6.45, 7) is 4.57. The number of thioether (sulfide) groups is 1. The first kappa shape index (κ1) is 23.0. The topological polar surface area (TPSA) is 82.3 Å². The Morgan fingerprint density at radius 1 is 1.15 bits per heavy atom. The predicted molar refractivity (Wildman–Crippen MR) is 126 cm³/mol. The number of benzene rings is 2. The molecule has 1 amide bonds. The lowest BCUT2D eigenvalue weighted by Gasteiger charge is -2.33. The minimum Gasteiger partial charge on any atom is -0.854 e. The van der Waals surface area contributed by atoms with E-state index in [0.29, 0.717) is 40.9 Å². The van der Waals surface area contributed by atoms with Crippen molar-refractivity contribution >= 4 is 23.4 Å². The van der Waals surface area contributed by atoms with E-state index in [9.17, 15) is 9.90 Å². The van der Waals surface area contributed by atoms with Crippen molar-refractivity contribution in [3.05, 3.63) is 54.1 Å². The van der Waals surface area contributed by atoms with Crippen LogP contribution in [0.1, 0.15) is 51.3 Å². The van der Waals surface area contributed by atoms with Crippen LogP contribution >= 0.6 is 11.8 Å². The molecule has 2 heterocycles. The van der Waals surface area contributed by atoms with Gasteiger partial charge in [0.15, 0.2) is 0 Å². The number of nitrogens with zero attached hydrogens (tertiary/aromatic N) is 4. The summed E-state index contributed by atoms with van der Waals surface area (Å²) in [5.74, 6) is 0.252. The molecule has 1 aliphatic heterocycles. The lowest BCUT2D eigenvalue weighted by Crippen LogP contribution is -2.59. The Bertz CT molecular complexity index is 1150. The third-order valence-electron chi connectivity index (χ3n) is 5.67. The number of carbonyl (C=O) groups excluding carboxylic acids is 1. The Morgan fingerprint density at radius 3 is 2.67 bits per heavy atom. The summed E-state index contributed by atoms with van der Waals surface area (Å²) < 4.78 is 7.81. The second kappa shape index (κ2) is 10.2. The summed E-state index contributed by atoms with van der Waals surface area (Å²) in [5.41, 5.74) is 2.47. The molecule has 0 spiro atoms. The average molecular weight is 465 g/mol. The van der Waals surface area contributed by atoms with E-state index < -0.39 is 6.17 Å². The van der Waals surface area contributed by atoms with Crippen molar-refractivity contribution in [1.29, 1.82) is 0 Å². The maximum atomic E-state index is 13.3. The molecule has 172 valence electrons. The summed E-state index contributed by atoms with van der Waals surface area (Å²) in [7, 11) is 0. The van der Waals surface area contributed by atoms with Gasteiger partial charge in [0.1, 0.15) is 5.75 Å². The van der Waals surface area contributed by atoms with Gasteiger partial charge in [0.2, 0.25) is 5.91 Å². The molecule has 0 radical (unpaired) electrons. The molecule has 0 N–H and O–H groups in total. The van der Waals surface area contributed by atoms with Crippen LogP contribution in [0.5, 0.6) is 11.6 Å². The number of aromatic nitrogens is 3. The number of ether oxygens (including phenoxy) is 1. The van der Waals surface area contributed by atoms with Gasteiger partial charge in [-0.05, 0) is 36.9 Å². The first-order valence-corrected chi connectivity index (χ1v) is 12.5. The Morgan fingerprint density at radius 2 is 1.91 bits per heavy atom. The summed E-state index contributed by atoms with van der Waals surface area (Å²) in [5, 5.41) is 18.2. The van der Waals surface area contributed by atoms with E-state index in [4.69, 9.17) is 4.74 Å². The minimum atomic E-state index is -0.661. The molecule has 1 atom stereocenters. The molecule has 0 saturated heterocycles. The number of para-hydroxylation sites is 2. The summed E-state index contributed by atoms with van der Waals surface area (Å²) in [6, 6.07) is 15.1. The molecular formula is C25H28N4O3S. The first-order valence-electron chi connectivity index (χ1n) is 11.3. The highest BCUT2D eigenvalue weighted by Crippen LogP contribution is 2.42. The number of unbranched alkanes of at least 4 members (excludes halogenated alkanes) is 2. The van der Waals surface area contributed by atoms with Gasteiger partial charge < -0.3 is 9.84 Å². The quantitative estimate of drug-likeness (QED) is 0.284. The molecule has 3 aromatic rings. The molecule has 0 aliphatic carbocycles. The zero-order valence-electron chi connectivity index (χ0n) is 19.2. The zero-order valence-corrected chi connectivity index (χ0v) is 20.0. The standard InChI is InChI=1S/C25H28N4O3S/c1-4-6-11-16-32-20-15-10-8-13-18(20)24-28(21(30)5-2)19-14-9-7-12-17(19)22-23(31)26-25(33-3)27-29(22)24/h7-10,12-15,24H,4-6,11,16H2,1-3H3. The summed E-state index contributed by atoms with van der Waals surface area (Å²) in [6.07, 6.45) is 4.61. The van der Waals surface area contributed by atoms with E-state index in [-0.39, 0.29) is 11.8 Å². The van der Waals surface area contributed by atoms with Gasteiger partial charge in [0, 0.05) is 11.5 Å². The molecule has 8 heteroatoms. The fourth-order valence-electron chi connectivity index (χ4n) is 4.10. The van der Waals surface area contributed by atoms with Crippen LogP contribution in [0, 0.1) is 0 Å². The van der Waals surface area contributed by atoms with Crippen LogP contribution < -0.4 is 19.4 Å². The highest BCUT2D eigenvalue weighted by molar-refractivity contribution is 7.98. The lowest BCUT2D eigenvalue weighted by atomic mass is 10.0. The summed E-state index contributed by atoms with van der Waals surface area (Å²) in [4.78, 5) is 19.2. The fraction of sp³-hybridized carbons (Fsp3) is 0.360. The third-order valence-corrected chi connectivity index (χ3v) is 6.21. The van der Waals surface area contributed by atoms with Crippen molar-refractivity contribution in [3.8, 4) is 22.9 Å². The molecular weight excluding hydrogens is 436 g/mol. The number of anilines is 1. The van der Waals surface area contributed by atoms with Gasteiger partial charge in [-0.3, -0.25) is 4.79 Å². The SMILES string of the molecule is CCCCCOc1ccccc1C1N(C(=O)CC)c2ccccc2-c2c([O-])nc(SC)n[n+]21. The van der Waals surface area contributed by atoms with Crippen molar-refractivity contribution in [2.45, 2.75) is 50.9 Å². The predicted octanol–water partition coefficient (Wildman–Crippen LogP) is 4.10. The lowest BCUT2D eigenvalue weighted by molar-refractivity contribution is -0.764. The summed E-state index contributed by atoms with van der Waals surface area (Å²) >= 11 is 1.30. The van der Waals surface area contributed by atoms with E-state index in [2.05, 4.69) is 17.0 Å². The van der Waals surface area contributed by atoms with Crippen molar-refractivity contribution in [1.82, 2.24) is 10.1 Å². The number of rotatable bonds is 8. The minimum absolute atomic E-state index is 0.0665. The van der Waals surface area contributed by atoms with Crippen LogP contribution in [-0.4, -0.2) is 28.9 Å². The fourth-order valence-corrected chi connectivity index (χ4v) is 4.44. The van der Waals surface area contributed by atoms with Gasteiger partial charge >= 0.3 is 0 Å². The van der Waals surface area contributed by atoms with Gasteiger partial charge in [0.05, 0.1) is 29.3 Å². The second-order valence-corrected chi connectivity index (χ2v) is 8.57. The van der Waals surface area contributed by atoms with Gasteiger partial charge in [-0.2, -0.15) is 0 Å². The molecule has 0 fully saturated rings. The van der Waals surface area contributed by atoms with Gasteiger partial charge in [-0.25, -0.2) is 9.88 Å². The highest BCUT2D eigenvalue weighted by atomic mass is 32.2. The molecule has 0 saturated carbocycles. The van der Waals surface area contributed by atoms with Crippen LogP contribution in [0.15, 0.2) is 53.7 Å². The van der Waals surface area contributed by atoms with Crippen LogP contribution in [0.4, 0.5) is 5.69 Å². The smallest absolute Gasteiger partial charge is 0.296 e. The van der Waals surface area contributed by atoms with E-state index in [1.165, 1.54) is 11.8 Å². The number of amides is 1. The number of hydrogen-bond donors (Lipinski definition) is 0. The molecule has 1 aliphatic rings. The van der Waals surface area contributed by atoms with Crippen molar-refractivity contribution in [2.24, 2.45) is 0 Å². The van der Waals surface area contributed by atoms with Crippen LogP contribution in [0.25, 0.3) is 11.3 Å². The largest absolute Gasteiger partial charge is 0.854 e. The monoisotopic (exact) mass is 464 g/mol. The normalized spacial score (nSPS) is 14.5. The molecule has 7 nitrogen and oxygen atoms in total. The Labute approximate surface area is 198 Å². The number of fused-ring (bicyclic) bond motifs is 3. The molecule has 4 rings (SSSR count). The highest BCUT2D eigenvalue weighted by Gasteiger charge is 2.45. The molecule has 33 heavy (non-hydrogen) atoms. The van der Waals surface area contributed by atoms with Gasteiger partial charge in [-0.1, -0.05) is 67.4 Å². The van der Waals surface area contributed by atoms with Gasteiger partial charge in [0.25, 0.3) is 17.0 Å². The number of carbonyl (C=O) groups is 1. The van der Waals surface area contributed by atoms with Crippen molar-refractivity contribution in [2.75, 3.05) is 17.8 Å². The van der Waals surface area contributed by atoms with Crippen LogP contribution in [0.2, 0.25) is 0 Å². The Balaban J connectivity index is 1.94. The molecule has 1 aromatic heterocycles. The van der Waals surface area contributed by atoms with E-state index >= 15 is 0 Å². The van der Waals surface area contributed by atoms with Crippen LogP contribution in [-0.2, 0) is 4.79 Å². The number of hydrogen-bond acceptors (Lipinski definition) is 6. The Hall–Kier alpha value is -3.13. The van der Waals surface area contributed by atoms with E-state index in [1.54, 1.807) is 9.58 Å². The third kappa shape index (κ3) is 4.39. The van der Waals surface area contributed by atoms with Crippen molar-refractivity contribution < 1.29 is 19.3 Å². The zero-order chi connectivity index (χ0) is 23.4. The second-order valence-electron chi connectivity index (χ2n) is 7.80. The van der Waals surface area contributed by atoms with E-state index in [1.807, 2.05) is 61.7 Å². The molecule has 1 unspecified atom stereocenters.